The Morgan fingerprint density at radius 2 is 2.00 bits per heavy atom. The number of anilines is 1. The van der Waals surface area contributed by atoms with Gasteiger partial charge in [0.05, 0.1) is 11.2 Å². The lowest BCUT2D eigenvalue weighted by Crippen LogP contribution is -2.46. The van der Waals surface area contributed by atoms with E-state index in [4.69, 9.17) is 17.3 Å². The third-order valence-corrected chi connectivity index (χ3v) is 7.98. The minimum absolute atomic E-state index is 0.0463. The van der Waals surface area contributed by atoms with Gasteiger partial charge in [0.1, 0.15) is 5.82 Å². The zero-order valence-electron chi connectivity index (χ0n) is 20.3. The van der Waals surface area contributed by atoms with Crippen LogP contribution in [0.25, 0.3) is 11.1 Å². The van der Waals surface area contributed by atoms with Gasteiger partial charge >= 0.3 is 0 Å². The first-order valence-electron chi connectivity index (χ1n) is 12.0. The quantitative estimate of drug-likeness (QED) is 0.692. The van der Waals surface area contributed by atoms with Crippen LogP contribution in [0.3, 0.4) is 0 Å². The highest BCUT2D eigenvalue weighted by molar-refractivity contribution is 6.33. The van der Waals surface area contributed by atoms with Crippen LogP contribution in [-0.4, -0.2) is 50.1 Å². The summed E-state index contributed by atoms with van der Waals surface area (Å²) in [6.07, 6.45) is 5.59. The lowest BCUT2D eigenvalue weighted by Gasteiger charge is -2.25. The normalized spacial score (nSPS) is 27.2. The van der Waals surface area contributed by atoms with Crippen LogP contribution in [0, 0.1) is 23.2 Å². The van der Waals surface area contributed by atoms with Gasteiger partial charge in [-0.15, -0.1) is 0 Å². The molecule has 3 N–H and O–H groups in total. The number of nitrogens with one attached hydrogen (secondary N) is 1. The van der Waals surface area contributed by atoms with Crippen molar-refractivity contribution in [3.8, 4) is 11.1 Å². The van der Waals surface area contributed by atoms with Gasteiger partial charge in [-0.2, -0.15) is 5.10 Å². The van der Waals surface area contributed by atoms with Crippen molar-refractivity contribution in [1.29, 1.82) is 0 Å². The fraction of sp³-hybridized carbons (Fsp3) is 0.600. The van der Waals surface area contributed by atoms with Gasteiger partial charge in [0.15, 0.2) is 0 Å². The maximum absolute atomic E-state index is 13.1. The zero-order valence-corrected chi connectivity index (χ0v) is 21.0. The molecule has 2 amide bonds. The standard InChI is InChI=1S/C25H33ClN6O2/c1-14(2)23(34)31-11-16-5-15(7-25(16,27)13-31)22(33)30-21-6-17(19(26)10-28-21)18-9-29-32-12-24(3,4)8-20(18)32/h6,9-10,14-16H,5,7-8,11-13,27H2,1-4H3,(H,28,30,33)/t15?,16-,25-/m0/s1. The summed E-state index contributed by atoms with van der Waals surface area (Å²) < 4.78 is 2.04. The van der Waals surface area contributed by atoms with Gasteiger partial charge in [0.2, 0.25) is 11.8 Å². The number of nitrogens with zero attached hydrogens (tertiary/aromatic N) is 4. The number of pyridine rings is 1. The van der Waals surface area contributed by atoms with E-state index in [1.54, 1.807) is 6.20 Å². The van der Waals surface area contributed by atoms with Crippen molar-refractivity contribution in [3.63, 3.8) is 0 Å². The van der Waals surface area contributed by atoms with Crippen LogP contribution in [0.4, 0.5) is 5.82 Å². The SMILES string of the molecule is CC(C)C(=O)N1C[C@@H]2CC(C(=O)Nc3cc(-c4cnn5c4CC(C)(C)C5)c(Cl)cn3)C[C@]2(N)C1. The Hall–Kier alpha value is -2.45. The molecule has 3 atom stereocenters. The van der Waals surface area contributed by atoms with E-state index in [2.05, 4.69) is 29.2 Å². The van der Waals surface area contributed by atoms with Gasteiger partial charge in [0.25, 0.3) is 0 Å². The minimum Gasteiger partial charge on any atom is -0.340 e. The Labute approximate surface area is 205 Å². The fourth-order valence-electron chi connectivity index (χ4n) is 5.97. The van der Waals surface area contributed by atoms with Crippen molar-refractivity contribution in [2.45, 2.75) is 59.0 Å². The first-order chi connectivity index (χ1) is 16.0. The number of fused-ring (bicyclic) bond motifs is 2. The summed E-state index contributed by atoms with van der Waals surface area (Å²) in [7, 11) is 0. The van der Waals surface area contributed by atoms with Crippen LogP contribution in [0.1, 0.15) is 46.2 Å². The van der Waals surface area contributed by atoms with Crippen LogP contribution >= 0.6 is 11.6 Å². The van der Waals surface area contributed by atoms with Crippen LogP contribution in [0.5, 0.6) is 0 Å². The van der Waals surface area contributed by atoms with Gasteiger partial charge in [-0.05, 0) is 36.7 Å². The van der Waals surface area contributed by atoms with E-state index in [0.717, 1.165) is 29.8 Å². The molecule has 4 heterocycles. The predicted octanol–water partition coefficient (Wildman–Crippen LogP) is 3.34. The number of amides is 2. The maximum Gasteiger partial charge on any atom is 0.228 e. The van der Waals surface area contributed by atoms with Gasteiger partial charge in [-0.25, -0.2) is 4.98 Å². The van der Waals surface area contributed by atoms with Gasteiger partial charge in [-0.3, -0.25) is 14.3 Å². The molecule has 2 fully saturated rings. The van der Waals surface area contributed by atoms with Crippen molar-refractivity contribution < 1.29 is 9.59 Å². The molecule has 0 bridgehead atoms. The highest BCUT2D eigenvalue weighted by atomic mass is 35.5. The molecule has 8 nitrogen and oxygen atoms in total. The monoisotopic (exact) mass is 484 g/mol. The molecule has 9 heteroatoms. The number of carbonyl (C=O) groups excluding carboxylic acids is 2. The van der Waals surface area contributed by atoms with E-state index >= 15 is 0 Å². The van der Waals surface area contributed by atoms with Gasteiger partial charge in [-0.1, -0.05) is 39.3 Å². The third-order valence-electron chi connectivity index (χ3n) is 7.68. The summed E-state index contributed by atoms with van der Waals surface area (Å²) >= 11 is 6.51. The maximum atomic E-state index is 13.1. The number of hydrogen-bond acceptors (Lipinski definition) is 5. The number of carbonyl (C=O) groups is 2. The number of aromatic nitrogens is 3. The van der Waals surface area contributed by atoms with Crippen molar-refractivity contribution in [2.24, 2.45) is 28.9 Å². The number of likely N-dealkylation sites (tertiary alicyclic amines) is 1. The van der Waals surface area contributed by atoms with Gasteiger partial charge < -0.3 is 16.0 Å². The molecule has 0 spiro atoms. The van der Waals surface area contributed by atoms with Crippen LogP contribution in [-0.2, 0) is 22.6 Å². The number of halogens is 1. The molecule has 1 saturated heterocycles. The summed E-state index contributed by atoms with van der Waals surface area (Å²) in [4.78, 5) is 31.7. The molecule has 2 aromatic heterocycles. The van der Waals surface area contributed by atoms with Crippen LogP contribution in [0.15, 0.2) is 18.5 Å². The van der Waals surface area contributed by atoms with Crippen molar-refractivity contribution in [1.82, 2.24) is 19.7 Å². The van der Waals surface area contributed by atoms with E-state index in [-0.39, 0.29) is 35.0 Å². The van der Waals surface area contributed by atoms with Crippen molar-refractivity contribution >= 4 is 29.2 Å². The number of rotatable bonds is 4. The average molecular weight is 485 g/mol. The molecule has 1 unspecified atom stereocenters. The molecule has 182 valence electrons. The lowest BCUT2D eigenvalue weighted by atomic mass is 9.89. The highest BCUT2D eigenvalue weighted by Crippen LogP contribution is 2.44. The first kappa shape index (κ1) is 23.3. The summed E-state index contributed by atoms with van der Waals surface area (Å²) in [5.74, 6) is 0.416. The molecule has 5 rings (SSSR count). The summed E-state index contributed by atoms with van der Waals surface area (Å²) in [5.41, 5.74) is 9.30. The van der Waals surface area contributed by atoms with Crippen LogP contribution in [0.2, 0.25) is 5.02 Å². The topological polar surface area (TPSA) is 106 Å². The van der Waals surface area contributed by atoms with E-state index in [1.165, 1.54) is 0 Å². The minimum atomic E-state index is -0.503. The third kappa shape index (κ3) is 4.01. The molecule has 0 radical (unpaired) electrons. The van der Waals surface area contributed by atoms with Crippen molar-refractivity contribution in [3.05, 3.63) is 29.2 Å². The van der Waals surface area contributed by atoms with Gasteiger partial charge in [0, 0.05) is 60.0 Å². The van der Waals surface area contributed by atoms with E-state index < -0.39 is 5.54 Å². The smallest absolute Gasteiger partial charge is 0.228 e. The lowest BCUT2D eigenvalue weighted by molar-refractivity contribution is -0.133. The first-order valence-corrected chi connectivity index (χ1v) is 12.4. The Bertz CT molecular complexity index is 1160. The van der Waals surface area contributed by atoms with E-state index in [1.807, 2.05) is 35.7 Å². The Morgan fingerprint density at radius 1 is 1.24 bits per heavy atom. The molecule has 34 heavy (non-hydrogen) atoms. The fourth-order valence-corrected chi connectivity index (χ4v) is 6.18. The van der Waals surface area contributed by atoms with E-state index in [0.29, 0.717) is 36.8 Å². The second-order valence-corrected chi connectivity index (χ2v) is 11.9. The molecule has 1 aliphatic carbocycles. The molecule has 1 saturated carbocycles. The molecule has 0 aromatic carbocycles. The Morgan fingerprint density at radius 3 is 2.71 bits per heavy atom. The number of hydrogen-bond donors (Lipinski definition) is 2. The Balaban J connectivity index is 1.29. The largest absolute Gasteiger partial charge is 0.340 e. The second kappa shape index (κ2) is 8.05. The molecule has 2 aromatic rings. The second-order valence-electron chi connectivity index (χ2n) is 11.5. The van der Waals surface area contributed by atoms with E-state index in [9.17, 15) is 9.59 Å². The van der Waals surface area contributed by atoms with Crippen molar-refractivity contribution in [2.75, 3.05) is 18.4 Å². The molecular weight excluding hydrogens is 452 g/mol. The molecule has 2 aliphatic heterocycles. The summed E-state index contributed by atoms with van der Waals surface area (Å²) in [6, 6.07) is 1.83. The molecular formula is C25H33ClN6O2. The number of nitrogens with two attached hydrogens (primary N) is 1. The zero-order chi connectivity index (χ0) is 24.4. The Kier molecular flexibility index (Phi) is 5.52. The van der Waals surface area contributed by atoms with Crippen LogP contribution < -0.4 is 11.1 Å². The highest BCUT2D eigenvalue weighted by Gasteiger charge is 2.53. The summed E-state index contributed by atoms with van der Waals surface area (Å²) in [5, 5.41) is 8.06. The average Bonchev–Trinajstić information content (AvgIpc) is 3.44. The predicted molar refractivity (Wildman–Crippen MR) is 131 cm³/mol. The molecule has 3 aliphatic rings. The summed E-state index contributed by atoms with van der Waals surface area (Å²) in [6.45, 7) is 10.3.